The van der Waals surface area contributed by atoms with E-state index in [1.54, 1.807) is 0 Å². The van der Waals surface area contributed by atoms with Crippen molar-refractivity contribution in [3.05, 3.63) is 134 Å². The number of hydrogen-bond donors (Lipinski definition) is 0. The van der Waals surface area contributed by atoms with Gasteiger partial charge in [-0.2, -0.15) is 0 Å². The second-order valence-electron chi connectivity index (χ2n) is 16.4. The zero-order chi connectivity index (χ0) is 47.2. The predicted molar refractivity (Wildman–Crippen MR) is 279 cm³/mol. The number of rotatable bonds is 44. The van der Waals surface area contributed by atoms with E-state index in [-0.39, 0.29) is 31.1 Å². The summed E-state index contributed by atoms with van der Waals surface area (Å²) in [5.74, 6) is -0.987. The summed E-state index contributed by atoms with van der Waals surface area (Å²) in [6, 6.07) is 0. The molecule has 364 valence electrons. The minimum absolute atomic E-state index is 0.111. The maximum atomic E-state index is 12.8. The van der Waals surface area contributed by atoms with Gasteiger partial charge in [0.15, 0.2) is 6.10 Å². The topological polar surface area (TPSA) is 78.9 Å². The summed E-state index contributed by atoms with van der Waals surface area (Å²) in [7, 11) is 0. The van der Waals surface area contributed by atoms with Crippen molar-refractivity contribution in [1.82, 2.24) is 0 Å². The summed E-state index contributed by atoms with van der Waals surface area (Å²) < 4.78 is 16.8. The lowest BCUT2D eigenvalue weighted by Gasteiger charge is -2.18. The van der Waals surface area contributed by atoms with E-state index < -0.39 is 6.10 Å². The van der Waals surface area contributed by atoms with Gasteiger partial charge in [0.2, 0.25) is 0 Å². The molecule has 6 nitrogen and oxygen atoms in total. The summed E-state index contributed by atoms with van der Waals surface area (Å²) in [5, 5.41) is 0. The van der Waals surface area contributed by atoms with E-state index in [0.717, 1.165) is 148 Å². The molecule has 0 aromatic heterocycles. The van der Waals surface area contributed by atoms with Crippen LogP contribution < -0.4 is 0 Å². The molecule has 0 aliphatic carbocycles. The van der Waals surface area contributed by atoms with Crippen LogP contribution >= 0.6 is 0 Å². The lowest BCUT2D eigenvalue weighted by atomic mass is 10.1. The van der Waals surface area contributed by atoms with E-state index in [2.05, 4.69) is 130 Å². The molecule has 0 bridgehead atoms. The predicted octanol–water partition coefficient (Wildman–Crippen LogP) is 17.1. The Morgan fingerprint density at radius 2 is 0.631 bits per heavy atom. The van der Waals surface area contributed by atoms with Crippen molar-refractivity contribution in [2.75, 3.05) is 13.2 Å². The Labute approximate surface area is 398 Å². The molecule has 0 N–H and O–H groups in total. The molecule has 0 aliphatic heterocycles. The van der Waals surface area contributed by atoms with Crippen molar-refractivity contribution in [3.8, 4) is 0 Å². The summed E-state index contributed by atoms with van der Waals surface area (Å²) in [6.45, 7) is 6.19. The SMILES string of the molecule is CC\C=C/C=C\C=C/C=C\CCCCCCCC(=O)OCC(COC(=O)CCCCC/C=C\C/C=C\C/C=C\C/C=C\CC)OC(=O)CCCCCCCC/C=C\C/C=C\C/C=C\CC. The van der Waals surface area contributed by atoms with Gasteiger partial charge >= 0.3 is 17.9 Å². The quantitative estimate of drug-likeness (QED) is 0.0199. The highest BCUT2D eigenvalue weighted by Gasteiger charge is 2.19. The van der Waals surface area contributed by atoms with Gasteiger partial charge < -0.3 is 14.2 Å². The molecule has 1 unspecified atom stereocenters. The number of unbranched alkanes of at least 4 members (excludes halogenated alkanes) is 14. The first-order valence-electron chi connectivity index (χ1n) is 25.7. The molecule has 1 atom stereocenters. The summed E-state index contributed by atoms with van der Waals surface area (Å²) >= 11 is 0. The molecule has 0 aromatic carbocycles. The largest absolute Gasteiger partial charge is 0.462 e. The van der Waals surface area contributed by atoms with Crippen molar-refractivity contribution < 1.29 is 28.6 Å². The van der Waals surface area contributed by atoms with Crippen LogP contribution in [-0.2, 0) is 28.6 Å². The van der Waals surface area contributed by atoms with E-state index >= 15 is 0 Å². The molecule has 0 fully saturated rings. The standard InChI is InChI=1S/C59H92O6/c1-4-7-10-13-16-19-22-25-28-31-34-37-40-43-46-49-52-58(61)64-55-56(54-63-57(60)51-48-45-42-39-36-33-30-27-24-21-18-15-12-9-6-3)65-59(62)53-50-47-44-41-38-35-32-29-26-23-20-17-14-11-8-5-2/h7-12,15-21,24-30,34,37,56H,4-6,13-14,22-23,31-33,35-36,38-55H2,1-3H3/b10-7-,11-8-,12-9-,18-15-,19-16-,20-17-,24-21-,28-25-,29-26-,30-27-,37-34-. The molecule has 0 rings (SSSR count). The third-order valence-electron chi connectivity index (χ3n) is 10.2. The molecule has 0 spiro atoms. The van der Waals surface area contributed by atoms with Crippen LogP contribution in [0.15, 0.2) is 134 Å². The minimum Gasteiger partial charge on any atom is -0.462 e. The fourth-order valence-corrected chi connectivity index (χ4v) is 6.46. The van der Waals surface area contributed by atoms with Crippen LogP contribution in [-0.4, -0.2) is 37.2 Å². The average molecular weight is 897 g/mol. The normalized spacial score (nSPS) is 13.2. The van der Waals surface area contributed by atoms with Gasteiger partial charge in [0, 0.05) is 19.3 Å². The van der Waals surface area contributed by atoms with Crippen LogP contribution in [0, 0.1) is 0 Å². The average Bonchev–Trinajstić information content (AvgIpc) is 3.30. The van der Waals surface area contributed by atoms with Crippen LogP contribution in [0.2, 0.25) is 0 Å². The number of hydrogen-bond acceptors (Lipinski definition) is 6. The van der Waals surface area contributed by atoms with Crippen LogP contribution in [0.25, 0.3) is 0 Å². The van der Waals surface area contributed by atoms with E-state index in [4.69, 9.17) is 14.2 Å². The zero-order valence-electron chi connectivity index (χ0n) is 41.4. The van der Waals surface area contributed by atoms with Crippen molar-refractivity contribution >= 4 is 17.9 Å². The van der Waals surface area contributed by atoms with E-state index in [1.165, 1.54) is 12.8 Å². The summed E-state index contributed by atoms with van der Waals surface area (Å²) in [6.07, 6.45) is 72.9. The first-order chi connectivity index (χ1) is 32.0. The molecule has 0 radical (unpaired) electrons. The van der Waals surface area contributed by atoms with Crippen LogP contribution in [0.1, 0.15) is 201 Å². The number of carbonyl (C=O) groups excluding carboxylic acids is 3. The van der Waals surface area contributed by atoms with Gasteiger partial charge in [-0.15, -0.1) is 0 Å². The molecular formula is C59H92O6. The Kier molecular flexibility index (Phi) is 48.6. The smallest absolute Gasteiger partial charge is 0.306 e. The number of esters is 3. The molecular weight excluding hydrogens is 805 g/mol. The Bertz CT molecular complexity index is 1450. The highest BCUT2D eigenvalue weighted by molar-refractivity contribution is 5.71. The minimum atomic E-state index is -0.813. The van der Waals surface area contributed by atoms with Crippen LogP contribution in [0.5, 0.6) is 0 Å². The Morgan fingerprint density at radius 3 is 1.06 bits per heavy atom. The van der Waals surface area contributed by atoms with Gasteiger partial charge in [0.25, 0.3) is 0 Å². The van der Waals surface area contributed by atoms with Gasteiger partial charge in [-0.25, -0.2) is 0 Å². The molecule has 0 heterocycles. The fraction of sp³-hybridized carbons (Fsp3) is 0.576. The Morgan fingerprint density at radius 1 is 0.323 bits per heavy atom. The van der Waals surface area contributed by atoms with Crippen LogP contribution in [0.4, 0.5) is 0 Å². The summed E-state index contributed by atoms with van der Waals surface area (Å²) in [5.41, 5.74) is 0. The van der Waals surface area contributed by atoms with E-state index in [9.17, 15) is 14.4 Å². The molecule has 0 amide bonds. The van der Waals surface area contributed by atoms with Crippen molar-refractivity contribution in [2.24, 2.45) is 0 Å². The summed E-state index contributed by atoms with van der Waals surface area (Å²) in [4.78, 5) is 38.0. The molecule has 0 aromatic rings. The molecule has 0 saturated heterocycles. The molecule has 6 heteroatoms. The van der Waals surface area contributed by atoms with Gasteiger partial charge in [0.05, 0.1) is 0 Å². The Hall–Kier alpha value is -4.45. The second-order valence-corrected chi connectivity index (χ2v) is 16.4. The van der Waals surface area contributed by atoms with Crippen molar-refractivity contribution in [3.63, 3.8) is 0 Å². The van der Waals surface area contributed by atoms with Gasteiger partial charge in [0.1, 0.15) is 13.2 Å². The van der Waals surface area contributed by atoms with Crippen LogP contribution in [0.3, 0.4) is 0 Å². The highest BCUT2D eigenvalue weighted by Crippen LogP contribution is 2.13. The monoisotopic (exact) mass is 897 g/mol. The first-order valence-corrected chi connectivity index (χ1v) is 25.7. The number of carbonyl (C=O) groups is 3. The van der Waals surface area contributed by atoms with E-state index in [0.29, 0.717) is 19.3 Å². The molecule has 0 saturated carbocycles. The third kappa shape index (κ3) is 50.4. The van der Waals surface area contributed by atoms with E-state index in [1.807, 2.05) is 24.3 Å². The van der Waals surface area contributed by atoms with Gasteiger partial charge in [-0.05, 0) is 109 Å². The maximum absolute atomic E-state index is 12.8. The third-order valence-corrected chi connectivity index (χ3v) is 10.2. The second kappa shape index (κ2) is 52.2. The fourth-order valence-electron chi connectivity index (χ4n) is 6.46. The van der Waals surface area contributed by atoms with Crippen molar-refractivity contribution in [2.45, 2.75) is 207 Å². The number of allylic oxidation sites excluding steroid dienone is 22. The highest BCUT2D eigenvalue weighted by atomic mass is 16.6. The maximum Gasteiger partial charge on any atom is 0.306 e. The molecule has 0 aliphatic rings. The zero-order valence-corrected chi connectivity index (χ0v) is 41.4. The van der Waals surface area contributed by atoms with Crippen molar-refractivity contribution in [1.29, 1.82) is 0 Å². The molecule has 65 heavy (non-hydrogen) atoms. The van der Waals surface area contributed by atoms with Gasteiger partial charge in [-0.3, -0.25) is 14.4 Å². The van der Waals surface area contributed by atoms with Gasteiger partial charge in [-0.1, -0.05) is 206 Å². The lowest BCUT2D eigenvalue weighted by Crippen LogP contribution is -2.30. The number of ether oxygens (including phenoxy) is 3. The lowest BCUT2D eigenvalue weighted by molar-refractivity contribution is -0.167. The first kappa shape index (κ1) is 60.5. The Balaban J connectivity index is 4.54.